The van der Waals surface area contributed by atoms with E-state index in [1.165, 1.54) is 12.1 Å². The van der Waals surface area contributed by atoms with Crippen molar-refractivity contribution in [2.24, 2.45) is 0 Å². The molecule has 1 heterocycles. The van der Waals surface area contributed by atoms with Crippen molar-refractivity contribution in [3.8, 4) is 5.75 Å². The van der Waals surface area contributed by atoms with E-state index in [4.69, 9.17) is 9.84 Å². The fraction of sp³-hybridized carbons (Fsp3) is 0.300. The van der Waals surface area contributed by atoms with Crippen molar-refractivity contribution in [3.05, 3.63) is 65.2 Å². The van der Waals surface area contributed by atoms with Crippen LogP contribution in [-0.2, 0) is 6.54 Å². The normalized spacial score (nSPS) is 16.6. The monoisotopic (exact) mass is 369 g/mol. The Hall–Kier alpha value is -3.06. The zero-order valence-corrected chi connectivity index (χ0v) is 15.1. The Morgan fingerprint density at radius 3 is 2.52 bits per heavy atom. The maximum absolute atomic E-state index is 12.7. The summed E-state index contributed by atoms with van der Waals surface area (Å²) in [6, 6.07) is 14.0. The number of aromatic carboxylic acids is 1. The third kappa shape index (κ3) is 4.57. The van der Waals surface area contributed by atoms with Crippen LogP contribution in [0, 0.1) is 0 Å². The van der Waals surface area contributed by atoms with Crippen molar-refractivity contribution in [2.45, 2.75) is 12.6 Å². The van der Waals surface area contributed by atoms with Crippen LogP contribution in [0.2, 0.25) is 0 Å². The van der Waals surface area contributed by atoms with Crippen molar-refractivity contribution < 1.29 is 19.4 Å². The summed E-state index contributed by atoms with van der Waals surface area (Å²) in [6.45, 7) is 2.39. The molecular weight excluding hydrogens is 346 g/mol. The Balaban J connectivity index is 1.64. The highest BCUT2D eigenvalue weighted by atomic mass is 16.5. The van der Waals surface area contributed by atoms with Gasteiger partial charge in [-0.3, -0.25) is 0 Å². The second-order valence-corrected chi connectivity index (χ2v) is 6.35. The number of hydrogen-bond donors (Lipinski definition) is 3. The molecule has 7 heteroatoms. The van der Waals surface area contributed by atoms with Crippen LogP contribution in [0.5, 0.6) is 5.75 Å². The molecule has 3 rings (SSSR count). The summed E-state index contributed by atoms with van der Waals surface area (Å²) in [5, 5.41) is 15.2. The van der Waals surface area contributed by atoms with Gasteiger partial charge in [-0.1, -0.05) is 24.3 Å². The van der Waals surface area contributed by atoms with E-state index < -0.39 is 5.97 Å². The maximum atomic E-state index is 12.7. The first-order valence-electron chi connectivity index (χ1n) is 8.80. The van der Waals surface area contributed by atoms with E-state index in [-0.39, 0.29) is 17.6 Å². The second-order valence-electron chi connectivity index (χ2n) is 6.35. The van der Waals surface area contributed by atoms with Gasteiger partial charge in [-0.2, -0.15) is 0 Å². The summed E-state index contributed by atoms with van der Waals surface area (Å²) in [7, 11) is 1.62. The predicted octanol–water partition coefficient (Wildman–Crippen LogP) is 2.25. The molecule has 3 N–H and O–H groups in total. The molecule has 0 aliphatic carbocycles. The largest absolute Gasteiger partial charge is 0.497 e. The van der Waals surface area contributed by atoms with Crippen LogP contribution in [0.1, 0.15) is 27.5 Å². The molecule has 1 fully saturated rings. The fourth-order valence-corrected chi connectivity index (χ4v) is 3.12. The topological polar surface area (TPSA) is 90.9 Å². The van der Waals surface area contributed by atoms with Gasteiger partial charge in [0.05, 0.1) is 18.7 Å². The number of carbonyl (C=O) groups is 2. The number of ether oxygens (including phenoxy) is 1. The zero-order valence-electron chi connectivity index (χ0n) is 15.1. The van der Waals surface area contributed by atoms with Gasteiger partial charge < -0.3 is 25.4 Å². The molecule has 0 aromatic heterocycles. The molecule has 0 spiro atoms. The Labute approximate surface area is 157 Å². The van der Waals surface area contributed by atoms with Gasteiger partial charge in [0.15, 0.2) is 0 Å². The van der Waals surface area contributed by atoms with Gasteiger partial charge in [-0.25, -0.2) is 9.59 Å². The molecule has 1 aliphatic rings. The average molecular weight is 369 g/mol. The fourth-order valence-electron chi connectivity index (χ4n) is 3.12. The Kier molecular flexibility index (Phi) is 5.93. The van der Waals surface area contributed by atoms with E-state index >= 15 is 0 Å². The van der Waals surface area contributed by atoms with Crippen LogP contribution in [-0.4, -0.2) is 48.8 Å². The number of carbonyl (C=O) groups excluding carboxylic acids is 1. The summed E-state index contributed by atoms with van der Waals surface area (Å²) >= 11 is 0. The van der Waals surface area contributed by atoms with Crippen LogP contribution < -0.4 is 15.4 Å². The lowest BCUT2D eigenvalue weighted by Crippen LogP contribution is -2.51. The third-order valence-corrected chi connectivity index (χ3v) is 4.65. The van der Waals surface area contributed by atoms with Gasteiger partial charge in [0.25, 0.3) is 0 Å². The SMILES string of the molecule is COc1ccc(C2CNCCN2C(=O)NCc2ccc(C(=O)O)cc2)cc1. The van der Waals surface area contributed by atoms with Gasteiger partial charge in [0, 0.05) is 26.2 Å². The number of urea groups is 1. The molecule has 7 nitrogen and oxygen atoms in total. The number of carboxylic acid groups (broad SMARTS) is 1. The van der Waals surface area contributed by atoms with E-state index in [9.17, 15) is 9.59 Å². The Bertz CT molecular complexity index is 790. The maximum Gasteiger partial charge on any atom is 0.335 e. The van der Waals surface area contributed by atoms with Crippen LogP contribution in [0.25, 0.3) is 0 Å². The second kappa shape index (κ2) is 8.55. The summed E-state index contributed by atoms with van der Waals surface area (Å²) in [4.78, 5) is 25.5. The van der Waals surface area contributed by atoms with Crippen molar-refractivity contribution in [3.63, 3.8) is 0 Å². The van der Waals surface area contributed by atoms with E-state index in [0.717, 1.165) is 23.4 Å². The van der Waals surface area contributed by atoms with Crippen molar-refractivity contribution in [2.75, 3.05) is 26.7 Å². The molecule has 0 bridgehead atoms. The van der Waals surface area contributed by atoms with Crippen molar-refractivity contribution in [1.29, 1.82) is 0 Å². The van der Waals surface area contributed by atoms with Crippen molar-refractivity contribution in [1.82, 2.24) is 15.5 Å². The molecule has 1 atom stereocenters. The molecule has 2 amide bonds. The molecule has 0 saturated carbocycles. The van der Waals surface area contributed by atoms with Crippen LogP contribution >= 0.6 is 0 Å². The minimum Gasteiger partial charge on any atom is -0.497 e. The summed E-state index contributed by atoms with van der Waals surface area (Å²) in [6.07, 6.45) is 0. The van der Waals surface area contributed by atoms with E-state index in [0.29, 0.717) is 19.6 Å². The number of nitrogens with zero attached hydrogens (tertiary/aromatic N) is 1. The Morgan fingerprint density at radius 1 is 1.19 bits per heavy atom. The number of rotatable bonds is 5. The first kappa shape index (κ1) is 18.7. The highest BCUT2D eigenvalue weighted by molar-refractivity contribution is 5.87. The highest BCUT2D eigenvalue weighted by Gasteiger charge is 2.27. The minimum atomic E-state index is -0.964. The number of methoxy groups -OCH3 is 1. The number of piperazine rings is 1. The molecule has 0 radical (unpaired) electrons. The lowest BCUT2D eigenvalue weighted by Gasteiger charge is -2.36. The molecule has 1 unspecified atom stereocenters. The molecule has 142 valence electrons. The smallest absolute Gasteiger partial charge is 0.335 e. The Morgan fingerprint density at radius 2 is 1.89 bits per heavy atom. The van der Waals surface area contributed by atoms with E-state index in [1.54, 1.807) is 19.2 Å². The summed E-state index contributed by atoms with van der Waals surface area (Å²) in [5.41, 5.74) is 2.13. The quantitative estimate of drug-likeness (QED) is 0.752. The number of nitrogens with one attached hydrogen (secondary N) is 2. The minimum absolute atomic E-state index is 0.0564. The number of carboxylic acids is 1. The van der Waals surface area contributed by atoms with Crippen LogP contribution in [0.4, 0.5) is 4.79 Å². The molecule has 2 aromatic rings. The zero-order chi connectivity index (χ0) is 19.2. The van der Waals surface area contributed by atoms with E-state index in [2.05, 4.69) is 10.6 Å². The third-order valence-electron chi connectivity index (χ3n) is 4.65. The first-order chi connectivity index (χ1) is 13.1. The highest BCUT2D eigenvalue weighted by Crippen LogP contribution is 2.24. The molecular formula is C20H23N3O4. The number of benzene rings is 2. The van der Waals surface area contributed by atoms with Gasteiger partial charge in [-0.15, -0.1) is 0 Å². The van der Waals surface area contributed by atoms with Gasteiger partial charge in [0.2, 0.25) is 0 Å². The molecule has 27 heavy (non-hydrogen) atoms. The van der Waals surface area contributed by atoms with Crippen molar-refractivity contribution >= 4 is 12.0 Å². The van der Waals surface area contributed by atoms with E-state index in [1.807, 2.05) is 29.2 Å². The molecule has 1 saturated heterocycles. The van der Waals surface area contributed by atoms with Gasteiger partial charge in [-0.05, 0) is 35.4 Å². The molecule has 2 aromatic carbocycles. The first-order valence-corrected chi connectivity index (χ1v) is 8.80. The number of amides is 2. The summed E-state index contributed by atoms with van der Waals surface area (Å²) in [5.74, 6) is -0.183. The summed E-state index contributed by atoms with van der Waals surface area (Å²) < 4.78 is 5.20. The predicted molar refractivity (Wildman–Crippen MR) is 101 cm³/mol. The van der Waals surface area contributed by atoms with Gasteiger partial charge >= 0.3 is 12.0 Å². The standard InChI is InChI=1S/C20H23N3O4/c1-27-17-8-6-15(7-9-17)18-13-21-10-11-23(18)20(26)22-12-14-2-4-16(5-3-14)19(24)25/h2-9,18,21H,10-13H2,1H3,(H,22,26)(H,24,25). The van der Waals surface area contributed by atoms with Crippen LogP contribution in [0.15, 0.2) is 48.5 Å². The number of hydrogen-bond acceptors (Lipinski definition) is 4. The van der Waals surface area contributed by atoms with Gasteiger partial charge in [0.1, 0.15) is 5.75 Å². The van der Waals surface area contributed by atoms with Crippen LogP contribution in [0.3, 0.4) is 0 Å². The average Bonchev–Trinajstić information content (AvgIpc) is 2.72. The molecule has 1 aliphatic heterocycles. The lowest BCUT2D eigenvalue weighted by atomic mass is 10.0. The lowest BCUT2D eigenvalue weighted by molar-refractivity contribution is 0.0697.